The fourth-order valence-electron chi connectivity index (χ4n) is 2.67. The van der Waals surface area contributed by atoms with Crippen molar-refractivity contribution >= 4 is 40.1 Å². The van der Waals surface area contributed by atoms with Crippen LogP contribution in [0.1, 0.15) is 27.7 Å². The lowest BCUT2D eigenvalue weighted by molar-refractivity contribution is -0.135. The van der Waals surface area contributed by atoms with E-state index in [0.29, 0.717) is 0 Å². The van der Waals surface area contributed by atoms with E-state index in [1.54, 1.807) is 4.90 Å². The van der Waals surface area contributed by atoms with Crippen LogP contribution in [0.15, 0.2) is 24.3 Å². The summed E-state index contributed by atoms with van der Waals surface area (Å²) in [4.78, 5) is 27.0. The summed E-state index contributed by atoms with van der Waals surface area (Å²) in [6, 6.07) is 6.83. The van der Waals surface area contributed by atoms with Crippen molar-refractivity contribution < 1.29 is 9.59 Å². The first kappa shape index (κ1) is 16.3. The molecule has 1 aromatic rings. The van der Waals surface area contributed by atoms with Crippen LogP contribution in [0.25, 0.3) is 0 Å². The zero-order valence-corrected chi connectivity index (χ0v) is 14.9. The van der Waals surface area contributed by atoms with Crippen molar-refractivity contribution in [1.82, 2.24) is 5.32 Å². The number of rotatable bonds is 3. The number of anilines is 1. The predicted molar refractivity (Wildman–Crippen MR) is 92.0 cm³/mol. The van der Waals surface area contributed by atoms with Gasteiger partial charge in [-0.3, -0.25) is 14.5 Å². The molecular formula is C16H21IN2O2. The molecule has 0 radical (unpaired) electrons. The average Bonchev–Trinajstić information content (AvgIpc) is 2.39. The molecule has 1 heterocycles. The monoisotopic (exact) mass is 400 g/mol. The van der Waals surface area contributed by atoms with Crippen molar-refractivity contribution in [3.63, 3.8) is 0 Å². The zero-order valence-electron chi connectivity index (χ0n) is 12.8. The van der Waals surface area contributed by atoms with E-state index in [-0.39, 0.29) is 23.7 Å². The molecule has 2 amide bonds. The molecule has 2 rings (SSSR count). The highest BCUT2D eigenvalue weighted by molar-refractivity contribution is 14.1. The lowest BCUT2D eigenvalue weighted by Crippen LogP contribution is -2.66. The Bertz CT molecular complexity index is 557. The molecule has 4 nitrogen and oxygen atoms in total. The van der Waals surface area contributed by atoms with Crippen LogP contribution in [-0.2, 0) is 9.59 Å². The smallest absolute Gasteiger partial charge is 0.250 e. The highest BCUT2D eigenvalue weighted by Crippen LogP contribution is 2.28. The minimum atomic E-state index is -0.453. The number of benzene rings is 1. The van der Waals surface area contributed by atoms with E-state index >= 15 is 0 Å². The second-order valence-electron chi connectivity index (χ2n) is 6.11. The summed E-state index contributed by atoms with van der Waals surface area (Å²) in [5.74, 6) is 0.0345. The molecule has 1 N–H and O–H groups in total. The number of halogens is 1. The Hall–Kier alpha value is -1.11. The second-order valence-corrected chi connectivity index (χ2v) is 7.35. The third-order valence-corrected chi connectivity index (χ3v) is 4.40. The van der Waals surface area contributed by atoms with E-state index in [1.807, 2.05) is 52.0 Å². The molecule has 5 heteroatoms. The van der Waals surface area contributed by atoms with Crippen LogP contribution >= 0.6 is 22.6 Å². The van der Waals surface area contributed by atoms with Crippen molar-refractivity contribution in [2.24, 2.45) is 11.8 Å². The summed E-state index contributed by atoms with van der Waals surface area (Å²) in [5, 5.41) is 2.88. The van der Waals surface area contributed by atoms with Crippen LogP contribution in [0.4, 0.5) is 5.69 Å². The Kier molecular flexibility index (Phi) is 4.91. The van der Waals surface area contributed by atoms with Gasteiger partial charge in [0.05, 0.1) is 0 Å². The fraction of sp³-hybridized carbons (Fsp3) is 0.500. The number of carbonyl (C=O) groups excluding carboxylic acids is 2. The third-order valence-electron chi connectivity index (χ3n) is 3.73. The van der Waals surface area contributed by atoms with Crippen LogP contribution in [0.3, 0.4) is 0 Å². The summed E-state index contributed by atoms with van der Waals surface area (Å²) in [7, 11) is 0. The van der Waals surface area contributed by atoms with Gasteiger partial charge in [-0.2, -0.15) is 0 Å². The first-order valence-electron chi connectivity index (χ1n) is 7.22. The van der Waals surface area contributed by atoms with Crippen LogP contribution in [0.2, 0.25) is 0 Å². The molecule has 21 heavy (non-hydrogen) atoms. The number of amides is 2. The molecule has 0 bridgehead atoms. The number of carbonyl (C=O) groups is 2. The third kappa shape index (κ3) is 3.22. The minimum absolute atomic E-state index is 0.0229. The summed E-state index contributed by atoms with van der Waals surface area (Å²) in [5.41, 5.74) is 0.797. The topological polar surface area (TPSA) is 49.4 Å². The molecule has 2 atom stereocenters. The van der Waals surface area contributed by atoms with Crippen LogP contribution in [0.5, 0.6) is 0 Å². The van der Waals surface area contributed by atoms with E-state index in [1.165, 1.54) is 0 Å². The Morgan fingerprint density at radius 2 is 1.81 bits per heavy atom. The van der Waals surface area contributed by atoms with E-state index in [9.17, 15) is 9.59 Å². The van der Waals surface area contributed by atoms with Crippen LogP contribution < -0.4 is 10.2 Å². The van der Waals surface area contributed by atoms with Gasteiger partial charge in [0.2, 0.25) is 5.91 Å². The molecule has 114 valence electrons. The van der Waals surface area contributed by atoms with Crippen LogP contribution in [0, 0.1) is 15.4 Å². The van der Waals surface area contributed by atoms with E-state index in [2.05, 4.69) is 27.9 Å². The molecule has 0 aromatic heterocycles. The van der Waals surface area contributed by atoms with Crippen LogP contribution in [-0.4, -0.2) is 23.9 Å². The van der Waals surface area contributed by atoms with Gasteiger partial charge in [-0.15, -0.1) is 0 Å². The summed E-state index contributed by atoms with van der Waals surface area (Å²) in [6.45, 7) is 7.83. The molecule has 1 aliphatic rings. The maximum atomic E-state index is 12.8. The van der Waals surface area contributed by atoms with Crippen molar-refractivity contribution in [2.45, 2.75) is 39.8 Å². The maximum Gasteiger partial charge on any atom is 0.250 e. The van der Waals surface area contributed by atoms with Crippen molar-refractivity contribution in [2.75, 3.05) is 4.90 Å². The van der Waals surface area contributed by atoms with Gasteiger partial charge in [0.25, 0.3) is 5.91 Å². The predicted octanol–water partition coefficient (Wildman–Crippen LogP) is 2.80. The molecule has 1 saturated heterocycles. The number of nitrogens with zero attached hydrogens (tertiary/aromatic N) is 1. The summed E-state index contributed by atoms with van der Waals surface area (Å²) < 4.78 is 1.05. The molecular weight excluding hydrogens is 379 g/mol. The lowest BCUT2D eigenvalue weighted by Gasteiger charge is -2.42. The molecule has 0 saturated carbocycles. The first-order valence-corrected chi connectivity index (χ1v) is 8.29. The first-order chi connectivity index (χ1) is 9.82. The Morgan fingerprint density at radius 1 is 1.14 bits per heavy atom. The van der Waals surface area contributed by atoms with E-state index in [4.69, 9.17) is 0 Å². The minimum Gasteiger partial charge on any atom is -0.342 e. The van der Waals surface area contributed by atoms with E-state index in [0.717, 1.165) is 9.26 Å². The second kappa shape index (κ2) is 6.34. The van der Waals surface area contributed by atoms with Gasteiger partial charge in [0.1, 0.15) is 12.1 Å². The molecule has 0 aliphatic carbocycles. The number of hydrogen-bond acceptors (Lipinski definition) is 2. The number of hydrogen-bond donors (Lipinski definition) is 1. The maximum absolute atomic E-state index is 12.8. The van der Waals surface area contributed by atoms with Crippen molar-refractivity contribution in [1.29, 1.82) is 0 Å². The Balaban J connectivity index is 2.48. The van der Waals surface area contributed by atoms with E-state index < -0.39 is 12.1 Å². The van der Waals surface area contributed by atoms with Crippen molar-refractivity contribution in [3.8, 4) is 0 Å². The molecule has 1 aliphatic heterocycles. The molecule has 0 spiro atoms. The van der Waals surface area contributed by atoms with Gasteiger partial charge in [0.15, 0.2) is 0 Å². The lowest BCUT2D eigenvalue weighted by atomic mass is 9.92. The fourth-order valence-corrected chi connectivity index (χ4v) is 3.20. The van der Waals surface area contributed by atoms with Gasteiger partial charge in [0, 0.05) is 9.26 Å². The van der Waals surface area contributed by atoms with Gasteiger partial charge < -0.3 is 5.32 Å². The molecule has 1 fully saturated rings. The standard InChI is InChI=1S/C16H21IN2O2/c1-9(2)13-16(21)19(12-7-5-6-11(17)8-12)14(10(3)4)15(20)18-13/h5-10,13-14H,1-4H3,(H,18,20). The van der Waals surface area contributed by atoms with Crippen molar-refractivity contribution in [3.05, 3.63) is 27.8 Å². The van der Waals surface area contributed by atoms with Gasteiger partial charge in [-0.25, -0.2) is 0 Å². The Morgan fingerprint density at radius 3 is 2.33 bits per heavy atom. The van der Waals surface area contributed by atoms with Gasteiger partial charge in [-0.1, -0.05) is 33.8 Å². The number of nitrogens with one attached hydrogen (secondary N) is 1. The summed E-state index contributed by atoms with van der Waals surface area (Å²) >= 11 is 2.22. The quantitative estimate of drug-likeness (QED) is 0.794. The highest BCUT2D eigenvalue weighted by Gasteiger charge is 2.43. The van der Waals surface area contributed by atoms with Gasteiger partial charge >= 0.3 is 0 Å². The largest absolute Gasteiger partial charge is 0.342 e. The molecule has 2 unspecified atom stereocenters. The Labute approximate surface area is 139 Å². The average molecular weight is 400 g/mol. The highest BCUT2D eigenvalue weighted by atomic mass is 127. The molecule has 1 aromatic carbocycles. The van der Waals surface area contributed by atoms with Gasteiger partial charge in [-0.05, 0) is 52.6 Å². The number of piperazine rings is 1. The normalized spacial score (nSPS) is 22.9. The SMILES string of the molecule is CC(C)C1NC(=O)C(C(C)C)N(c2cccc(I)c2)C1=O. The summed E-state index contributed by atoms with van der Waals surface area (Å²) in [6.07, 6.45) is 0. The zero-order chi connectivity index (χ0) is 15.7.